The Morgan fingerprint density at radius 3 is 2.43 bits per heavy atom. The zero-order valence-corrected chi connectivity index (χ0v) is 29.9. The summed E-state index contributed by atoms with van der Waals surface area (Å²) >= 11 is 0. The van der Waals surface area contributed by atoms with Gasteiger partial charge in [-0.1, -0.05) is 36.4 Å². The zero-order valence-electron chi connectivity index (χ0n) is 29.9. The van der Waals surface area contributed by atoms with Crippen molar-refractivity contribution in [1.82, 2.24) is 20.0 Å². The molecule has 2 amide bonds. The predicted molar refractivity (Wildman–Crippen MR) is 195 cm³/mol. The van der Waals surface area contributed by atoms with Crippen LogP contribution in [0, 0.1) is 23.0 Å². The van der Waals surface area contributed by atoms with E-state index in [2.05, 4.69) is 26.7 Å². The second-order valence-electron chi connectivity index (χ2n) is 13.1. The molecule has 0 bridgehead atoms. The molecule has 5 aromatic rings. The minimum absolute atomic E-state index is 0.00630. The Bertz CT molecular complexity index is 2330. The predicted octanol–water partition coefficient (Wildman–Crippen LogP) is 7.42. The fraction of sp³-hybridized carbons (Fsp3) is 0.250. The van der Waals surface area contributed by atoms with Crippen molar-refractivity contribution >= 4 is 29.2 Å². The number of fused-ring (bicyclic) bond motifs is 2. The average molecular weight is 772 g/mol. The van der Waals surface area contributed by atoms with Crippen LogP contribution < -0.4 is 20.3 Å². The summed E-state index contributed by atoms with van der Waals surface area (Å²) in [4.78, 5) is 29.3. The first kappa shape index (κ1) is 37.7. The molecule has 4 aromatic carbocycles. The first-order valence-corrected chi connectivity index (χ1v) is 17.6. The number of aryl methyl sites for hydroxylation is 2. The number of carbonyl (C=O) groups is 2. The van der Waals surface area contributed by atoms with E-state index in [1.165, 1.54) is 23.9 Å². The third-order valence-electron chi connectivity index (χ3n) is 9.74. The number of benzene rings is 4. The molecule has 0 unspecified atom stereocenters. The molecule has 7 rings (SSSR count). The Hall–Kier alpha value is -6.63. The molecule has 1 saturated heterocycles. The van der Waals surface area contributed by atoms with Crippen molar-refractivity contribution in [2.75, 3.05) is 43.5 Å². The summed E-state index contributed by atoms with van der Waals surface area (Å²) in [6.07, 6.45) is -4.57. The number of amides is 2. The van der Waals surface area contributed by atoms with E-state index in [1.54, 1.807) is 4.90 Å². The Morgan fingerprint density at radius 2 is 1.71 bits per heavy atom. The van der Waals surface area contributed by atoms with E-state index in [1.807, 2.05) is 48.5 Å². The van der Waals surface area contributed by atoms with Crippen molar-refractivity contribution in [1.29, 1.82) is 5.26 Å². The fourth-order valence-electron chi connectivity index (χ4n) is 6.70. The van der Waals surface area contributed by atoms with Gasteiger partial charge >= 0.3 is 12.3 Å². The molecule has 0 radical (unpaired) electrons. The number of nitriles is 1. The molecule has 2 aliphatic heterocycles. The summed E-state index contributed by atoms with van der Waals surface area (Å²) < 4.78 is 82.9. The Morgan fingerprint density at radius 1 is 0.946 bits per heavy atom. The van der Waals surface area contributed by atoms with Gasteiger partial charge < -0.3 is 29.9 Å². The van der Waals surface area contributed by atoms with Crippen molar-refractivity contribution < 1.29 is 41.0 Å². The molecule has 0 aliphatic carbocycles. The van der Waals surface area contributed by atoms with Gasteiger partial charge in [0.2, 0.25) is 0 Å². The van der Waals surface area contributed by atoms with Crippen LogP contribution in [-0.4, -0.2) is 60.0 Å². The summed E-state index contributed by atoms with van der Waals surface area (Å²) in [6.45, 7) is 2.17. The van der Waals surface area contributed by atoms with E-state index in [-0.39, 0.29) is 40.8 Å². The number of carbonyl (C=O) groups excluding carboxylic acids is 2. The third-order valence-corrected chi connectivity index (χ3v) is 9.74. The lowest BCUT2D eigenvalue weighted by molar-refractivity contribution is -0.137. The van der Waals surface area contributed by atoms with Gasteiger partial charge in [0.05, 0.1) is 18.2 Å². The van der Waals surface area contributed by atoms with E-state index < -0.39 is 41.4 Å². The number of rotatable bonds is 8. The summed E-state index contributed by atoms with van der Waals surface area (Å²) in [5.74, 6) is -3.44. The number of nitrogens with one attached hydrogen (secondary N) is 2. The highest BCUT2D eigenvalue weighted by atomic mass is 19.4. The molecule has 0 atom stereocenters. The third kappa shape index (κ3) is 7.65. The smallest absolute Gasteiger partial charge is 0.416 e. The molecule has 2 aliphatic rings. The van der Waals surface area contributed by atoms with Crippen molar-refractivity contribution in [3.05, 3.63) is 124 Å². The van der Waals surface area contributed by atoms with E-state index in [4.69, 9.17) is 9.47 Å². The van der Waals surface area contributed by atoms with Gasteiger partial charge in [-0.3, -0.25) is 4.79 Å². The van der Waals surface area contributed by atoms with Gasteiger partial charge in [0.25, 0.3) is 5.91 Å². The number of ether oxygens (including phenoxy) is 2. The minimum atomic E-state index is -4.72. The summed E-state index contributed by atoms with van der Waals surface area (Å²) in [7, 11) is 1.18. The van der Waals surface area contributed by atoms with E-state index >= 15 is 8.78 Å². The van der Waals surface area contributed by atoms with Crippen LogP contribution in [0.5, 0.6) is 5.75 Å². The summed E-state index contributed by atoms with van der Waals surface area (Å²) in [5, 5.41) is 20.2. The van der Waals surface area contributed by atoms with Gasteiger partial charge in [-0.15, -0.1) is 0 Å². The monoisotopic (exact) mass is 771 g/mol. The van der Waals surface area contributed by atoms with E-state index in [9.17, 15) is 28.0 Å². The van der Waals surface area contributed by atoms with Crippen LogP contribution in [0.4, 0.5) is 43.9 Å². The molecule has 16 heteroatoms. The molecule has 1 aromatic heterocycles. The van der Waals surface area contributed by atoms with Gasteiger partial charge in [0.1, 0.15) is 35.5 Å². The second kappa shape index (κ2) is 15.6. The highest BCUT2D eigenvalue weighted by Crippen LogP contribution is 2.37. The van der Waals surface area contributed by atoms with E-state index in [0.29, 0.717) is 56.7 Å². The van der Waals surface area contributed by atoms with Crippen molar-refractivity contribution in [2.45, 2.75) is 32.3 Å². The van der Waals surface area contributed by atoms with Gasteiger partial charge in [0.15, 0.2) is 11.6 Å². The van der Waals surface area contributed by atoms with E-state index in [0.717, 1.165) is 28.9 Å². The lowest BCUT2D eigenvalue weighted by Gasteiger charge is -2.35. The maximum atomic E-state index is 15.7. The molecule has 2 N–H and O–H groups in total. The highest BCUT2D eigenvalue weighted by Gasteiger charge is 2.32. The molecule has 0 saturated carbocycles. The first-order chi connectivity index (χ1) is 26.9. The zero-order chi connectivity index (χ0) is 39.6. The fourth-order valence-corrected chi connectivity index (χ4v) is 6.70. The van der Waals surface area contributed by atoms with Crippen LogP contribution in [0.1, 0.15) is 38.2 Å². The Balaban J connectivity index is 1.02. The molecular formula is C40H34F5N7O4. The second-order valence-corrected chi connectivity index (χ2v) is 13.1. The lowest BCUT2D eigenvalue weighted by atomic mass is 10.0. The number of anilines is 3. The van der Waals surface area contributed by atoms with Crippen LogP contribution in [0.15, 0.2) is 78.9 Å². The largest absolute Gasteiger partial charge is 0.496 e. The number of alkyl halides is 3. The van der Waals surface area contributed by atoms with Gasteiger partial charge in [0, 0.05) is 61.8 Å². The van der Waals surface area contributed by atoms with Crippen molar-refractivity contribution in [3.63, 3.8) is 0 Å². The summed E-state index contributed by atoms with van der Waals surface area (Å²) in [6, 6.07) is 22.2. The summed E-state index contributed by atoms with van der Waals surface area (Å²) in [5.41, 5.74) is 1.38. The van der Waals surface area contributed by atoms with Crippen LogP contribution in [0.3, 0.4) is 0 Å². The molecule has 1 fully saturated rings. The number of nitrogens with zero attached hydrogens (tertiary/aromatic N) is 5. The normalized spacial score (nSPS) is 13.8. The maximum absolute atomic E-state index is 15.7. The SMILES string of the molecule is COc1ccc(C(F)(F)F)cc1C(=O)NCc1ccc(-c2nn3c(c2C#N)Nc2ccc(N4CCN(C(=O)OCc5ccccc5)CC4)cc2CC3)c(F)c1F. The molecule has 0 spiro atoms. The molecule has 288 valence electrons. The molecule has 3 heterocycles. The Kier molecular flexibility index (Phi) is 10.5. The van der Waals surface area contributed by atoms with Crippen LogP contribution in [0.2, 0.25) is 0 Å². The van der Waals surface area contributed by atoms with Crippen LogP contribution >= 0.6 is 0 Å². The average Bonchev–Trinajstić information content (AvgIpc) is 3.45. The Labute approximate surface area is 317 Å². The van der Waals surface area contributed by atoms with Gasteiger partial charge in [-0.05, 0) is 60.0 Å². The number of aromatic nitrogens is 2. The van der Waals surface area contributed by atoms with Crippen molar-refractivity contribution in [2.24, 2.45) is 0 Å². The lowest BCUT2D eigenvalue weighted by Crippen LogP contribution is -2.49. The highest BCUT2D eigenvalue weighted by molar-refractivity contribution is 5.97. The number of halogens is 5. The minimum Gasteiger partial charge on any atom is -0.496 e. The number of hydrogen-bond donors (Lipinski definition) is 2. The van der Waals surface area contributed by atoms with Crippen LogP contribution in [-0.2, 0) is 37.0 Å². The topological polar surface area (TPSA) is 125 Å². The molecular weight excluding hydrogens is 737 g/mol. The number of methoxy groups -OCH3 is 1. The number of hydrogen-bond acceptors (Lipinski definition) is 8. The van der Waals surface area contributed by atoms with Gasteiger partial charge in [-0.25, -0.2) is 18.3 Å². The quantitative estimate of drug-likeness (QED) is 0.156. The standard InChI is InChI=1S/C40H34F5N7O4/c1-55-33-12-8-27(40(43,44)45)20-30(33)38(53)47-22-26-7-10-29(35(42)34(26)41)36-31(21-46)37-48-32-11-9-28(19-25(32)13-14-52(37)49-36)50-15-17-51(18-16-50)39(54)56-23-24-5-3-2-4-6-24/h2-12,19-20,48H,13-18,22-23H2,1H3,(H,47,53). The number of piperazine rings is 1. The van der Waals surface area contributed by atoms with Gasteiger partial charge in [-0.2, -0.15) is 23.5 Å². The first-order valence-electron chi connectivity index (χ1n) is 17.6. The maximum Gasteiger partial charge on any atom is 0.416 e. The molecule has 11 nitrogen and oxygen atoms in total. The van der Waals surface area contributed by atoms with Crippen LogP contribution in [0.25, 0.3) is 11.3 Å². The molecule has 56 heavy (non-hydrogen) atoms. The van der Waals surface area contributed by atoms with Crippen molar-refractivity contribution in [3.8, 4) is 23.1 Å².